The molecule has 0 amide bonds. The van der Waals surface area contributed by atoms with E-state index in [1.807, 2.05) is 43.1 Å². The van der Waals surface area contributed by atoms with Crippen molar-refractivity contribution in [3.63, 3.8) is 0 Å². The Kier molecular flexibility index (Phi) is 6.86. The Morgan fingerprint density at radius 3 is 1.93 bits per heavy atom. The van der Waals surface area contributed by atoms with Crippen LogP contribution in [0, 0.1) is 0 Å². The standard InChI is InChI=1S/C11H14ClN3.C9H10ClN3/c1-11(2)7-15(8-14-11)6-9-3-4-10(12)13-5-9;10-9-2-1-8(5-12-9)6-13-4-3-11-7-13/h3-5,8H,6-7H2,1-2H3;1-2,5,7H,3-4,6H2. The molecule has 6 nitrogen and oxygen atoms in total. The van der Waals surface area contributed by atoms with Gasteiger partial charge in [-0.15, -0.1) is 0 Å². The Morgan fingerprint density at radius 2 is 1.50 bits per heavy atom. The fourth-order valence-electron chi connectivity index (χ4n) is 2.92. The van der Waals surface area contributed by atoms with Gasteiger partial charge in [0, 0.05) is 38.6 Å². The SMILES string of the molecule is CC1(C)CN(Cc2ccc(Cl)nc2)C=N1.Clc1ccc(CN2C=NCC2)cn1. The van der Waals surface area contributed by atoms with Gasteiger partial charge in [-0.1, -0.05) is 35.3 Å². The molecular weight excluding hydrogens is 395 g/mol. The number of hydrogen-bond acceptors (Lipinski definition) is 6. The van der Waals surface area contributed by atoms with Crippen molar-refractivity contribution >= 4 is 35.9 Å². The summed E-state index contributed by atoms with van der Waals surface area (Å²) in [5.41, 5.74) is 2.36. The number of pyridine rings is 2. The molecule has 0 spiro atoms. The van der Waals surface area contributed by atoms with E-state index in [4.69, 9.17) is 23.2 Å². The highest BCUT2D eigenvalue weighted by Crippen LogP contribution is 2.18. The molecule has 0 unspecified atom stereocenters. The van der Waals surface area contributed by atoms with Crippen LogP contribution in [0.2, 0.25) is 10.3 Å². The van der Waals surface area contributed by atoms with Crippen LogP contribution >= 0.6 is 23.2 Å². The number of hydrogen-bond donors (Lipinski definition) is 0. The second-order valence-electron chi connectivity index (χ2n) is 7.43. The van der Waals surface area contributed by atoms with Crippen molar-refractivity contribution in [2.75, 3.05) is 19.6 Å². The molecule has 2 aliphatic heterocycles. The Hall–Kier alpha value is -2.18. The monoisotopic (exact) mass is 418 g/mol. The van der Waals surface area contributed by atoms with Crippen molar-refractivity contribution in [3.05, 3.63) is 58.1 Å². The van der Waals surface area contributed by atoms with E-state index in [0.29, 0.717) is 10.3 Å². The van der Waals surface area contributed by atoms with Crippen molar-refractivity contribution in [1.82, 2.24) is 19.8 Å². The lowest BCUT2D eigenvalue weighted by molar-refractivity contribution is 0.374. The van der Waals surface area contributed by atoms with E-state index in [1.165, 1.54) is 0 Å². The predicted octanol–water partition coefficient (Wildman–Crippen LogP) is 3.94. The quantitative estimate of drug-likeness (QED) is 0.705. The molecule has 0 fully saturated rings. The van der Waals surface area contributed by atoms with Crippen LogP contribution in [0.5, 0.6) is 0 Å². The van der Waals surface area contributed by atoms with Crippen LogP contribution in [0.1, 0.15) is 25.0 Å². The summed E-state index contributed by atoms with van der Waals surface area (Å²) in [7, 11) is 0. The third-order valence-electron chi connectivity index (χ3n) is 4.27. The molecule has 8 heteroatoms. The van der Waals surface area contributed by atoms with Crippen molar-refractivity contribution in [1.29, 1.82) is 0 Å². The molecule has 0 radical (unpaired) electrons. The van der Waals surface area contributed by atoms with E-state index in [2.05, 4.69) is 43.6 Å². The van der Waals surface area contributed by atoms with E-state index >= 15 is 0 Å². The van der Waals surface area contributed by atoms with E-state index in [0.717, 1.165) is 43.9 Å². The molecule has 0 N–H and O–H groups in total. The minimum atomic E-state index is 0.0415. The highest BCUT2D eigenvalue weighted by molar-refractivity contribution is 6.29. The first-order chi connectivity index (χ1) is 13.4. The summed E-state index contributed by atoms with van der Waals surface area (Å²) in [4.78, 5) is 21.0. The summed E-state index contributed by atoms with van der Waals surface area (Å²) in [5, 5.41) is 1.08. The third-order valence-corrected chi connectivity index (χ3v) is 4.72. The Balaban J connectivity index is 0.000000162. The van der Waals surface area contributed by atoms with Crippen LogP contribution in [0.4, 0.5) is 0 Å². The van der Waals surface area contributed by atoms with Gasteiger partial charge in [0.2, 0.25) is 0 Å². The van der Waals surface area contributed by atoms with Gasteiger partial charge in [-0.2, -0.15) is 0 Å². The van der Waals surface area contributed by atoms with Crippen LogP contribution in [-0.2, 0) is 13.1 Å². The van der Waals surface area contributed by atoms with Crippen LogP contribution in [0.25, 0.3) is 0 Å². The topological polar surface area (TPSA) is 57.0 Å². The summed E-state index contributed by atoms with van der Waals surface area (Å²) in [6.45, 7) is 8.83. The van der Waals surface area contributed by atoms with Gasteiger partial charge >= 0.3 is 0 Å². The molecule has 2 aliphatic rings. The molecular formula is C20H24Cl2N6. The van der Waals surface area contributed by atoms with Crippen molar-refractivity contribution < 1.29 is 0 Å². The number of halogens is 2. The van der Waals surface area contributed by atoms with Gasteiger partial charge in [-0.3, -0.25) is 9.98 Å². The summed E-state index contributed by atoms with van der Waals surface area (Å²) < 4.78 is 0. The second-order valence-corrected chi connectivity index (χ2v) is 8.21. The fourth-order valence-corrected chi connectivity index (χ4v) is 3.14. The average Bonchev–Trinajstić information content (AvgIpc) is 3.29. The van der Waals surface area contributed by atoms with Gasteiger partial charge in [-0.25, -0.2) is 9.97 Å². The lowest BCUT2D eigenvalue weighted by Crippen LogP contribution is -2.28. The molecule has 0 aliphatic carbocycles. The van der Waals surface area contributed by atoms with Crippen molar-refractivity contribution in [3.8, 4) is 0 Å². The molecule has 0 aromatic carbocycles. The Morgan fingerprint density at radius 1 is 0.893 bits per heavy atom. The highest BCUT2D eigenvalue weighted by Gasteiger charge is 2.24. The molecule has 0 bridgehead atoms. The maximum atomic E-state index is 5.72. The van der Waals surface area contributed by atoms with Gasteiger partial charge < -0.3 is 9.80 Å². The van der Waals surface area contributed by atoms with Gasteiger partial charge in [0.05, 0.1) is 24.8 Å². The molecule has 0 saturated carbocycles. The normalized spacial score (nSPS) is 17.0. The lowest BCUT2D eigenvalue weighted by Gasteiger charge is -2.19. The molecule has 4 rings (SSSR count). The fraction of sp³-hybridized carbons (Fsp3) is 0.400. The molecule has 28 heavy (non-hydrogen) atoms. The second kappa shape index (κ2) is 9.34. The Bertz CT molecular complexity index is 818. The van der Waals surface area contributed by atoms with Gasteiger partial charge in [-0.05, 0) is 37.1 Å². The summed E-state index contributed by atoms with van der Waals surface area (Å²) in [6, 6.07) is 7.61. The zero-order chi connectivity index (χ0) is 20.0. The first kappa shape index (κ1) is 20.6. The number of aromatic nitrogens is 2. The van der Waals surface area contributed by atoms with Crippen molar-refractivity contribution in [2.24, 2.45) is 9.98 Å². The van der Waals surface area contributed by atoms with Crippen LogP contribution in [0.3, 0.4) is 0 Å². The maximum absolute atomic E-state index is 5.72. The number of rotatable bonds is 4. The Labute approximate surface area is 175 Å². The van der Waals surface area contributed by atoms with Crippen LogP contribution in [-0.4, -0.2) is 57.6 Å². The number of nitrogens with zero attached hydrogens (tertiary/aromatic N) is 6. The molecule has 0 atom stereocenters. The minimum Gasteiger partial charge on any atom is -0.357 e. The third kappa shape index (κ3) is 6.46. The maximum Gasteiger partial charge on any atom is 0.129 e. The predicted molar refractivity (Wildman–Crippen MR) is 115 cm³/mol. The van der Waals surface area contributed by atoms with Gasteiger partial charge in [0.15, 0.2) is 0 Å². The van der Waals surface area contributed by atoms with E-state index in [9.17, 15) is 0 Å². The molecule has 2 aromatic heterocycles. The summed E-state index contributed by atoms with van der Waals surface area (Å²) in [6.07, 6.45) is 7.40. The summed E-state index contributed by atoms with van der Waals surface area (Å²) >= 11 is 11.4. The smallest absolute Gasteiger partial charge is 0.129 e. The van der Waals surface area contributed by atoms with E-state index in [1.54, 1.807) is 6.20 Å². The molecule has 4 heterocycles. The zero-order valence-corrected chi connectivity index (χ0v) is 17.6. The van der Waals surface area contributed by atoms with E-state index < -0.39 is 0 Å². The van der Waals surface area contributed by atoms with Gasteiger partial charge in [0.25, 0.3) is 0 Å². The molecule has 0 saturated heterocycles. The summed E-state index contributed by atoms with van der Waals surface area (Å²) in [5.74, 6) is 0. The van der Waals surface area contributed by atoms with Crippen LogP contribution < -0.4 is 0 Å². The lowest BCUT2D eigenvalue weighted by atomic mass is 10.1. The molecule has 148 valence electrons. The van der Waals surface area contributed by atoms with E-state index in [-0.39, 0.29) is 5.54 Å². The van der Waals surface area contributed by atoms with Gasteiger partial charge in [0.1, 0.15) is 10.3 Å². The van der Waals surface area contributed by atoms with Crippen LogP contribution in [0.15, 0.2) is 46.6 Å². The minimum absolute atomic E-state index is 0.0415. The average molecular weight is 419 g/mol. The largest absolute Gasteiger partial charge is 0.357 e. The first-order valence-corrected chi connectivity index (χ1v) is 9.89. The highest BCUT2D eigenvalue weighted by atomic mass is 35.5. The van der Waals surface area contributed by atoms with Crippen molar-refractivity contribution in [2.45, 2.75) is 32.5 Å². The zero-order valence-electron chi connectivity index (χ0n) is 16.1. The molecule has 2 aromatic rings. The number of aliphatic imine (C=N–C) groups is 2. The first-order valence-electron chi connectivity index (χ1n) is 9.14.